The molecule has 1 N–H and O–H groups in total. The molecule has 0 saturated carbocycles. The molecule has 13 heavy (non-hydrogen) atoms. The van der Waals surface area contributed by atoms with E-state index in [-0.39, 0.29) is 0 Å². The molecule has 1 unspecified atom stereocenters. The van der Waals surface area contributed by atoms with Crippen molar-refractivity contribution < 1.29 is 31.4 Å². The van der Waals surface area contributed by atoms with Crippen LogP contribution in [-0.2, 0) is 0 Å². The Morgan fingerprint density at radius 2 is 1.31 bits per heavy atom. The minimum atomic E-state index is -5.81. The first-order valence-corrected chi connectivity index (χ1v) is 3.20. The van der Waals surface area contributed by atoms with Crippen molar-refractivity contribution in [3.63, 3.8) is 0 Å². The highest BCUT2D eigenvalue weighted by atomic mass is 19.4. The van der Waals surface area contributed by atoms with Gasteiger partial charge in [-0.2, -0.15) is 13.2 Å². The average molecular weight is 210 g/mol. The van der Waals surface area contributed by atoms with E-state index in [1.54, 1.807) is 0 Å². The summed E-state index contributed by atoms with van der Waals surface area (Å²) in [6, 6.07) is 0. The fourth-order valence-electron chi connectivity index (χ4n) is 0.738. The van der Waals surface area contributed by atoms with Crippen molar-refractivity contribution in [2.75, 3.05) is 0 Å². The van der Waals surface area contributed by atoms with Crippen LogP contribution in [0.2, 0.25) is 0 Å². The lowest BCUT2D eigenvalue weighted by Crippen LogP contribution is -2.61. The molecule has 0 aliphatic rings. The van der Waals surface area contributed by atoms with E-state index >= 15 is 0 Å². The van der Waals surface area contributed by atoms with Crippen molar-refractivity contribution in [3.05, 3.63) is 0 Å². The lowest BCUT2D eigenvalue weighted by Gasteiger charge is -2.36. The van der Waals surface area contributed by atoms with E-state index in [4.69, 9.17) is 5.11 Å². The lowest BCUT2D eigenvalue weighted by molar-refractivity contribution is -0.316. The number of halogens is 6. The Bertz CT molecular complexity index is 165. The second kappa shape index (κ2) is 3.04. The highest BCUT2D eigenvalue weighted by Gasteiger charge is 2.70. The lowest BCUT2D eigenvalue weighted by atomic mass is 9.87. The molecule has 80 valence electrons. The highest BCUT2D eigenvalue weighted by molar-refractivity contribution is 5.02. The van der Waals surface area contributed by atoms with Gasteiger partial charge in [-0.15, -0.1) is 0 Å². The molecule has 0 rings (SSSR count). The molecule has 0 spiro atoms. The second-order valence-electron chi connectivity index (χ2n) is 3.07. The number of hydrogen-bond donors (Lipinski definition) is 1. The molecule has 7 heteroatoms. The normalized spacial score (nSPS) is 18.9. The van der Waals surface area contributed by atoms with Crippen molar-refractivity contribution >= 4 is 0 Å². The molecule has 0 aromatic heterocycles. The molecule has 0 amide bonds. The molecule has 0 aliphatic carbocycles. The second-order valence-corrected chi connectivity index (χ2v) is 3.07. The number of rotatable bonds is 2. The van der Waals surface area contributed by atoms with Crippen molar-refractivity contribution in [1.29, 1.82) is 0 Å². The number of alkyl halides is 6. The van der Waals surface area contributed by atoms with E-state index in [9.17, 15) is 26.3 Å². The monoisotopic (exact) mass is 210 g/mol. The van der Waals surface area contributed by atoms with Gasteiger partial charge < -0.3 is 5.11 Å². The Hall–Kier alpha value is -0.460. The predicted octanol–water partition coefficient (Wildman–Crippen LogP) is 2.29. The van der Waals surface area contributed by atoms with Gasteiger partial charge >= 0.3 is 6.18 Å². The molecule has 0 aromatic carbocycles. The standard InChI is InChI=1S/C6H8F6O/c1-4(2,13)5(9,3(7)8)6(10,11)12/h3,13H,1-2H3. The van der Waals surface area contributed by atoms with E-state index in [1.165, 1.54) is 0 Å². The molecular weight excluding hydrogens is 202 g/mol. The van der Waals surface area contributed by atoms with Gasteiger partial charge in [-0.05, 0) is 13.8 Å². The van der Waals surface area contributed by atoms with Crippen LogP contribution in [0.3, 0.4) is 0 Å². The van der Waals surface area contributed by atoms with Gasteiger partial charge in [0.05, 0.1) is 0 Å². The third-order valence-corrected chi connectivity index (χ3v) is 1.60. The highest BCUT2D eigenvalue weighted by Crippen LogP contribution is 2.45. The van der Waals surface area contributed by atoms with Crippen molar-refractivity contribution in [2.24, 2.45) is 0 Å². The van der Waals surface area contributed by atoms with Gasteiger partial charge in [0.25, 0.3) is 12.1 Å². The summed E-state index contributed by atoms with van der Waals surface area (Å²) < 4.78 is 72.0. The zero-order chi connectivity index (χ0) is 11.1. The average Bonchev–Trinajstić information content (AvgIpc) is 1.80. The van der Waals surface area contributed by atoms with Gasteiger partial charge in [-0.3, -0.25) is 0 Å². The minimum absolute atomic E-state index is 0.340. The molecule has 0 aliphatic heterocycles. The summed E-state index contributed by atoms with van der Waals surface area (Å²) in [5, 5.41) is 8.67. The smallest absolute Gasteiger partial charge is 0.387 e. The third kappa shape index (κ3) is 1.90. The van der Waals surface area contributed by atoms with Gasteiger partial charge in [0.15, 0.2) is 0 Å². The summed E-state index contributed by atoms with van der Waals surface area (Å²) >= 11 is 0. The van der Waals surface area contributed by atoms with E-state index < -0.39 is 23.9 Å². The molecule has 0 heterocycles. The maximum atomic E-state index is 12.8. The summed E-state index contributed by atoms with van der Waals surface area (Å²) in [5.41, 5.74) is -8.08. The molecule has 0 bridgehead atoms. The van der Waals surface area contributed by atoms with Crippen LogP contribution >= 0.6 is 0 Å². The summed E-state index contributed by atoms with van der Waals surface area (Å²) in [7, 11) is 0. The van der Waals surface area contributed by atoms with Crippen LogP contribution in [0.4, 0.5) is 26.3 Å². The predicted molar refractivity (Wildman–Crippen MR) is 32.2 cm³/mol. The number of aliphatic hydroxyl groups is 1. The van der Waals surface area contributed by atoms with E-state index in [0.29, 0.717) is 13.8 Å². The van der Waals surface area contributed by atoms with Gasteiger partial charge in [0.1, 0.15) is 5.60 Å². The van der Waals surface area contributed by atoms with Crippen LogP contribution in [0.15, 0.2) is 0 Å². The maximum absolute atomic E-state index is 12.8. The third-order valence-electron chi connectivity index (χ3n) is 1.60. The summed E-state index contributed by atoms with van der Waals surface area (Å²) in [6.07, 6.45) is -10.1. The van der Waals surface area contributed by atoms with Crippen molar-refractivity contribution in [1.82, 2.24) is 0 Å². The Labute approximate surface area is 70.4 Å². The first-order valence-electron chi connectivity index (χ1n) is 3.20. The Kier molecular flexibility index (Phi) is 2.93. The van der Waals surface area contributed by atoms with E-state index in [1.807, 2.05) is 0 Å². The van der Waals surface area contributed by atoms with Crippen LogP contribution in [-0.4, -0.2) is 29.0 Å². The first-order chi connectivity index (χ1) is 5.44. The summed E-state index contributed by atoms with van der Waals surface area (Å²) in [5.74, 6) is 0. The zero-order valence-corrected chi connectivity index (χ0v) is 6.79. The zero-order valence-electron chi connectivity index (χ0n) is 6.79. The Morgan fingerprint density at radius 3 is 1.31 bits per heavy atom. The largest absolute Gasteiger partial charge is 0.431 e. The van der Waals surface area contributed by atoms with Crippen LogP contribution in [0.25, 0.3) is 0 Å². The Morgan fingerprint density at radius 1 is 1.00 bits per heavy atom. The van der Waals surface area contributed by atoms with Gasteiger partial charge in [0.2, 0.25) is 0 Å². The fraction of sp³-hybridized carbons (Fsp3) is 1.00. The van der Waals surface area contributed by atoms with Crippen LogP contribution in [0, 0.1) is 0 Å². The van der Waals surface area contributed by atoms with Crippen molar-refractivity contribution in [3.8, 4) is 0 Å². The van der Waals surface area contributed by atoms with Gasteiger partial charge in [0, 0.05) is 0 Å². The van der Waals surface area contributed by atoms with E-state index in [0.717, 1.165) is 0 Å². The first kappa shape index (κ1) is 12.5. The van der Waals surface area contributed by atoms with Gasteiger partial charge in [-0.1, -0.05) is 0 Å². The molecule has 0 fully saturated rings. The molecule has 0 saturated heterocycles. The molecule has 1 nitrogen and oxygen atoms in total. The fourth-order valence-corrected chi connectivity index (χ4v) is 0.738. The minimum Gasteiger partial charge on any atom is -0.387 e. The summed E-state index contributed by atoms with van der Waals surface area (Å²) in [4.78, 5) is 0. The molecule has 0 aromatic rings. The van der Waals surface area contributed by atoms with Crippen LogP contribution in [0.1, 0.15) is 13.8 Å². The Balaban J connectivity index is 5.22. The molecule has 1 atom stereocenters. The van der Waals surface area contributed by atoms with Crippen molar-refractivity contribution in [2.45, 2.75) is 37.7 Å². The maximum Gasteiger partial charge on any atom is 0.431 e. The molecular formula is C6H8F6O. The quantitative estimate of drug-likeness (QED) is 0.693. The van der Waals surface area contributed by atoms with Crippen LogP contribution in [0.5, 0.6) is 0 Å². The SMILES string of the molecule is CC(C)(O)C(F)(C(F)F)C(F)(F)F. The van der Waals surface area contributed by atoms with Gasteiger partial charge in [-0.25, -0.2) is 13.2 Å². The number of hydrogen-bond acceptors (Lipinski definition) is 1. The topological polar surface area (TPSA) is 20.2 Å². The molecule has 0 radical (unpaired) electrons. The summed E-state index contributed by atoms with van der Waals surface area (Å²) in [6.45, 7) is 0.680. The van der Waals surface area contributed by atoms with Crippen LogP contribution < -0.4 is 0 Å². The van der Waals surface area contributed by atoms with E-state index in [2.05, 4.69) is 0 Å².